The summed E-state index contributed by atoms with van der Waals surface area (Å²) in [5, 5.41) is 0. The van der Waals surface area contributed by atoms with Crippen molar-refractivity contribution >= 4 is 6.21 Å². The van der Waals surface area contributed by atoms with Crippen LogP contribution in [0.25, 0.3) is 0 Å². The first-order valence-electron chi connectivity index (χ1n) is 5.94. The maximum atomic E-state index is 13.0. The number of halogens is 3. The van der Waals surface area contributed by atoms with Crippen molar-refractivity contribution < 1.29 is 17.7 Å². The summed E-state index contributed by atoms with van der Waals surface area (Å²) in [4.78, 5) is 0. The van der Waals surface area contributed by atoms with Gasteiger partial charge in [0, 0.05) is 12.0 Å². The smallest absolute Gasteiger partial charge is 0.234 e. The number of alkyl halides is 3. The van der Waals surface area contributed by atoms with E-state index < -0.39 is 11.6 Å². The van der Waals surface area contributed by atoms with Gasteiger partial charge in [0.15, 0.2) is 12.3 Å². The van der Waals surface area contributed by atoms with Crippen LogP contribution in [0.15, 0.2) is 24.3 Å². The Labute approximate surface area is 105 Å². The van der Waals surface area contributed by atoms with Gasteiger partial charge in [0.2, 0.25) is 0 Å². The predicted octanol–water partition coefficient (Wildman–Crippen LogP) is 3.72. The van der Waals surface area contributed by atoms with E-state index in [0.29, 0.717) is 0 Å². The minimum Gasteiger partial charge on any atom is -0.234 e. The van der Waals surface area contributed by atoms with Crippen molar-refractivity contribution in [1.29, 1.82) is 0 Å². The third kappa shape index (κ3) is 2.16. The molecule has 1 aliphatic heterocycles. The first kappa shape index (κ1) is 13.1. The molecule has 2 atom stereocenters. The van der Waals surface area contributed by atoms with Gasteiger partial charge in [-0.1, -0.05) is 29.8 Å². The quantitative estimate of drug-likeness (QED) is 0.674. The summed E-state index contributed by atoms with van der Waals surface area (Å²) in [6.45, 7) is 3.23. The van der Waals surface area contributed by atoms with E-state index in [2.05, 4.69) is 0 Å². The van der Waals surface area contributed by atoms with E-state index in [0.717, 1.165) is 11.1 Å². The molecule has 0 aliphatic carbocycles. The molecule has 1 aromatic rings. The fraction of sp³-hybridized carbons (Fsp3) is 0.500. The van der Waals surface area contributed by atoms with Crippen LogP contribution in [-0.4, -0.2) is 24.0 Å². The molecule has 0 fully saturated rings. The van der Waals surface area contributed by atoms with Crippen molar-refractivity contribution in [3.05, 3.63) is 35.4 Å². The van der Waals surface area contributed by atoms with E-state index in [1.54, 1.807) is 11.6 Å². The van der Waals surface area contributed by atoms with E-state index in [9.17, 15) is 13.2 Å². The molecule has 0 radical (unpaired) electrons. The van der Waals surface area contributed by atoms with Crippen LogP contribution in [0.5, 0.6) is 0 Å². The monoisotopic (exact) mass is 256 g/mol. The molecule has 0 spiro atoms. The molecule has 1 aliphatic rings. The molecule has 2 rings (SSSR count). The van der Waals surface area contributed by atoms with Crippen LogP contribution >= 0.6 is 0 Å². The highest BCUT2D eigenvalue weighted by molar-refractivity contribution is 5.63. The summed E-state index contributed by atoms with van der Waals surface area (Å²) in [5.41, 5.74) is 0.325. The Morgan fingerprint density at radius 1 is 1.22 bits per heavy atom. The number of benzene rings is 1. The number of nitrogens with zero attached hydrogens (tertiary/aromatic N) is 1. The zero-order chi connectivity index (χ0) is 13.6. The Balaban J connectivity index is 2.30. The summed E-state index contributed by atoms with van der Waals surface area (Å²) in [6.07, 6.45) is -2.81. The minimum absolute atomic E-state index is 0.0794. The molecule has 1 aromatic carbocycles. The summed E-state index contributed by atoms with van der Waals surface area (Å²) in [7, 11) is 1.71. The maximum Gasteiger partial charge on any atom is 0.403 e. The van der Waals surface area contributed by atoms with Crippen molar-refractivity contribution in [3.8, 4) is 0 Å². The zero-order valence-corrected chi connectivity index (χ0v) is 10.8. The van der Waals surface area contributed by atoms with Crippen molar-refractivity contribution in [2.75, 3.05) is 7.05 Å². The Morgan fingerprint density at radius 2 is 1.78 bits per heavy atom. The molecule has 18 heavy (non-hydrogen) atoms. The van der Waals surface area contributed by atoms with E-state index in [1.165, 1.54) is 13.1 Å². The lowest BCUT2D eigenvalue weighted by Gasteiger charge is -2.21. The Bertz CT molecular complexity index is 473. The van der Waals surface area contributed by atoms with Gasteiger partial charge in [0.1, 0.15) is 12.5 Å². The summed E-state index contributed by atoms with van der Waals surface area (Å²) < 4.78 is 40.7. The second-order valence-corrected chi connectivity index (χ2v) is 5.34. The van der Waals surface area contributed by atoms with Crippen LogP contribution in [-0.2, 0) is 0 Å². The molecule has 1 heterocycles. The molecular formula is C14H17F3N+. The van der Waals surface area contributed by atoms with Gasteiger partial charge in [-0.2, -0.15) is 13.2 Å². The number of rotatable bonds is 1. The summed E-state index contributed by atoms with van der Waals surface area (Å²) in [5.74, 6) is 0. The third-order valence-electron chi connectivity index (χ3n) is 3.71. The van der Waals surface area contributed by atoms with Crippen LogP contribution in [0.2, 0.25) is 0 Å². The summed E-state index contributed by atoms with van der Waals surface area (Å²) in [6, 6.07) is 7.50. The van der Waals surface area contributed by atoms with Crippen LogP contribution < -0.4 is 0 Å². The average molecular weight is 256 g/mol. The minimum atomic E-state index is -4.19. The Morgan fingerprint density at radius 3 is 2.22 bits per heavy atom. The molecule has 0 saturated heterocycles. The number of hydrogen-bond acceptors (Lipinski definition) is 0. The van der Waals surface area contributed by atoms with Gasteiger partial charge in [-0.3, -0.25) is 0 Å². The fourth-order valence-corrected chi connectivity index (χ4v) is 2.47. The topological polar surface area (TPSA) is 3.01 Å². The highest BCUT2D eigenvalue weighted by Gasteiger charge is 2.58. The van der Waals surface area contributed by atoms with E-state index in [4.69, 9.17) is 0 Å². The lowest BCUT2D eigenvalue weighted by Crippen LogP contribution is -2.35. The van der Waals surface area contributed by atoms with E-state index in [1.807, 2.05) is 31.2 Å². The van der Waals surface area contributed by atoms with Crippen LogP contribution in [0.4, 0.5) is 13.2 Å². The molecule has 0 bridgehead atoms. The molecule has 0 aromatic heterocycles. The molecule has 0 N–H and O–H groups in total. The maximum absolute atomic E-state index is 13.0. The van der Waals surface area contributed by atoms with Gasteiger partial charge in [0.25, 0.3) is 0 Å². The number of hydrogen-bond donors (Lipinski definition) is 0. The van der Waals surface area contributed by atoms with Gasteiger partial charge in [0.05, 0.1) is 0 Å². The zero-order valence-electron chi connectivity index (χ0n) is 10.8. The van der Waals surface area contributed by atoms with Crippen molar-refractivity contribution in [2.45, 2.75) is 32.5 Å². The van der Waals surface area contributed by atoms with Gasteiger partial charge in [-0.05, 0) is 13.8 Å². The molecule has 0 amide bonds. The lowest BCUT2D eigenvalue weighted by atomic mass is 9.85. The van der Waals surface area contributed by atoms with Crippen molar-refractivity contribution in [1.82, 2.24) is 0 Å². The van der Waals surface area contributed by atoms with Gasteiger partial charge < -0.3 is 0 Å². The first-order valence-corrected chi connectivity index (χ1v) is 5.94. The van der Waals surface area contributed by atoms with Crippen LogP contribution in [0.3, 0.4) is 0 Å². The SMILES string of the molecule is Cc1ccc(C2CC(C)(C(F)(F)F)C=[N+]2C)cc1. The lowest BCUT2D eigenvalue weighted by molar-refractivity contribution is -0.532. The molecule has 1 nitrogen and oxygen atoms in total. The Hall–Kier alpha value is -1.32. The van der Waals surface area contributed by atoms with Gasteiger partial charge >= 0.3 is 6.18 Å². The third-order valence-corrected chi connectivity index (χ3v) is 3.71. The first-order chi connectivity index (χ1) is 8.23. The van der Waals surface area contributed by atoms with Crippen LogP contribution in [0.1, 0.15) is 30.5 Å². The molecule has 2 unspecified atom stereocenters. The normalized spacial score (nSPS) is 28.3. The molecule has 0 saturated carbocycles. The Kier molecular flexibility index (Phi) is 2.99. The highest BCUT2D eigenvalue weighted by atomic mass is 19.4. The largest absolute Gasteiger partial charge is 0.403 e. The highest BCUT2D eigenvalue weighted by Crippen LogP contribution is 2.47. The van der Waals surface area contributed by atoms with Crippen molar-refractivity contribution in [2.24, 2.45) is 5.41 Å². The van der Waals surface area contributed by atoms with Gasteiger partial charge in [-0.15, -0.1) is 0 Å². The van der Waals surface area contributed by atoms with E-state index in [-0.39, 0.29) is 12.5 Å². The predicted molar refractivity (Wildman–Crippen MR) is 64.9 cm³/mol. The van der Waals surface area contributed by atoms with E-state index >= 15 is 0 Å². The molecule has 4 heteroatoms. The molecular weight excluding hydrogens is 239 g/mol. The van der Waals surface area contributed by atoms with Crippen LogP contribution in [0, 0.1) is 12.3 Å². The number of aryl methyl sites for hydroxylation is 1. The molecule has 98 valence electrons. The fourth-order valence-electron chi connectivity index (χ4n) is 2.47. The standard InChI is InChI=1S/C14H17F3N/c1-10-4-6-11(7-5-10)12-8-13(2,9-18(12)3)14(15,16)17/h4-7,9,12H,8H2,1-3H3/q+1. The second-order valence-electron chi connectivity index (χ2n) is 5.34. The van der Waals surface area contributed by atoms with Crippen molar-refractivity contribution in [3.63, 3.8) is 0 Å². The second kappa shape index (κ2) is 4.11. The average Bonchev–Trinajstić information content (AvgIpc) is 2.56. The summed E-state index contributed by atoms with van der Waals surface area (Å²) >= 11 is 0. The van der Waals surface area contributed by atoms with Gasteiger partial charge in [-0.25, -0.2) is 4.58 Å².